The Labute approximate surface area is 167 Å². The molecule has 152 valence electrons. The normalized spacial score (nSPS) is 10.7. The number of hydrogen-bond acceptors (Lipinski definition) is 3. The lowest BCUT2D eigenvalue weighted by molar-refractivity contribution is -0.141. The van der Waals surface area contributed by atoms with Gasteiger partial charge in [-0.1, -0.05) is 37.3 Å². The Bertz CT molecular complexity index is 742. The molecule has 2 amide bonds. The van der Waals surface area contributed by atoms with E-state index in [4.69, 9.17) is 4.74 Å². The molecule has 0 atom stereocenters. The molecule has 0 radical (unpaired) electrons. The fourth-order valence-corrected chi connectivity index (χ4v) is 3.02. The molecule has 1 aromatic heterocycles. The van der Waals surface area contributed by atoms with Gasteiger partial charge in [0.1, 0.15) is 0 Å². The van der Waals surface area contributed by atoms with Gasteiger partial charge in [-0.2, -0.15) is 0 Å². The van der Waals surface area contributed by atoms with Gasteiger partial charge in [0, 0.05) is 45.6 Å². The number of hydrogen-bond donors (Lipinski definition) is 0. The molecule has 0 unspecified atom stereocenters. The summed E-state index contributed by atoms with van der Waals surface area (Å²) in [6.45, 7) is 3.87. The quantitative estimate of drug-likeness (QED) is 0.598. The van der Waals surface area contributed by atoms with Gasteiger partial charge in [0.25, 0.3) is 0 Å². The second-order valence-electron chi connectivity index (χ2n) is 6.90. The topological polar surface area (TPSA) is 54.8 Å². The summed E-state index contributed by atoms with van der Waals surface area (Å²) in [5, 5.41) is 0. The van der Waals surface area contributed by atoms with Crippen LogP contribution in [0.2, 0.25) is 0 Å². The molecule has 0 saturated carbocycles. The van der Waals surface area contributed by atoms with Gasteiger partial charge in [0.05, 0.1) is 19.7 Å². The highest BCUT2D eigenvalue weighted by molar-refractivity contribution is 5.84. The smallest absolute Gasteiger partial charge is 0.242 e. The van der Waals surface area contributed by atoms with Crippen molar-refractivity contribution >= 4 is 11.8 Å². The summed E-state index contributed by atoms with van der Waals surface area (Å²) in [4.78, 5) is 29.0. The number of aryl methyl sites for hydroxylation is 1. The summed E-state index contributed by atoms with van der Waals surface area (Å²) < 4.78 is 7.13. The number of amides is 2. The molecule has 0 fully saturated rings. The van der Waals surface area contributed by atoms with E-state index in [9.17, 15) is 9.59 Å². The predicted molar refractivity (Wildman–Crippen MR) is 109 cm³/mol. The summed E-state index contributed by atoms with van der Waals surface area (Å²) in [5.41, 5.74) is 2.11. The van der Waals surface area contributed by atoms with Crippen LogP contribution in [0, 0.1) is 0 Å². The van der Waals surface area contributed by atoms with E-state index >= 15 is 0 Å². The van der Waals surface area contributed by atoms with Crippen molar-refractivity contribution in [1.29, 1.82) is 0 Å². The van der Waals surface area contributed by atoms with Gasteiger partial charge in [-0.15, -0.1) is 0 Å². The summed E-state index contributed by atoms with van der Waals surface area (Å²) in [6.07, 6.45) is 3.16. The van der Waals surface area contributed by atoms with Crippen molar-refractivity contribution in [2.75, 3.05) is 26.8 Å². The summed E-state index contributed by atoms with van der Waals surface area (Å²) >= 11 is 0. The zero-order valence-corrected chi connectivity index (χ0v) is 17.1. The monoisotopic (exact) mass is 385 g/mol. The van der Waals surface area contributed by atoms with Crippen LogP contribution in [-0.2, 0) is 34.5 Å². The first-order valence-corrected chi connectivity index (χ1v) is 9.73. The van der Waals surface area contributed by atoms with Crippen LogP contribution in [-0.4, -0.2) is 53.0 Å². The van der Waals surface area contributed by atoms with Crippen molar-refractivity contribution in [3.63, 3.8) is 0 Å². The van der Waals surface area contributed by atoms with E-state index in [2.05, 4.69) is 0 Å². The van der Waals surface area contributed by atoms with E-state index in [1.54, 1.807) is 12.0 Å². The molecule has 6 nitrogen and oxygen atoms in total. The number of benzene rings is 1. The molecule has 6 heteroatoms. The van der Waals surface area contributed by atoms with Crippen molar-refractivity contribution in [1.82, 2.24) is 14.4 Å². The highest BCUT2D eigenvalue weighted by atomic mass is 16.5. The second kappa shape index (κ2) is 11.3. The molecule has 0 aliphatic rings. The molecular weight excluding hydrogens is 354 g/mol. The van der Waals surface area contributed by atoms with Gasteiger partial charge in [-0.25, -0.2) is 0 Å². The van der Waals surface area contributed by atoms with Gasteiger partial charge >= 0.3 is 0 Å². The minimum Gasteiger partial charge on any atom is -0.383 e. The lowest BCUT2D eigenvalue weighted by Gasteiger charge is -2.28. The van der Waals surface area contributed by atoms with Crippen molar-refractivity contribution in [2.45, 2.75) is 32.9 Å². The van der Waals surface area contributed by atoms with Crippen molar-refractivity contribution in [2.24, 2.45) is 7.05 Å². The summed E-state index contributed by atoms with van der Waals surface area (Å²) in [7, 11) is 3.57. The Hall–Kier alpha value is -2.60. The second-order valence-corrected chi connectivity index (χ2v) is 6.90. The molecular formula is C22H31N3O3. The molecule has 1 aromatic carbocycles. The van der Waals surface area contributed by atoms with Gasteiger partial charge in [-0.05, 0) is 24.1 Å². The number of methoxy groups -OCH3 is 1. The van der Waals surface area contributed by atoms with E-state index in [1.807, 2.05) is 72.1 Å². The van der Waals surface area contributed by atoms with Crippen molar-refractivity contribution < 1.29 is 14.3 Å². The molecule has 0 spiro atoms. The first-order valence-electron chi connectivity index (χ1n) is 9.73. The molecule has 0 aliphatic carbocycles. The average Bonchev–Trinajstić information content (AvgIpc) is 3.10. The molecule has 0 aliphatic heterocycles. The van der Waals surface area contributed by atoms with Gasteiger partial charge in [0.2, 0.25) is 11.8 Å². The van der Waals surface area contributed by atoms with Crippen LogP contribution in [0.25, 0.3) is 0 Å². The first kappa shape index (κ1) is 21.7. The molecule has 1 heterocycles. The lowest BCUT2D eigenvalue weighted by Crippen LogP contribution is -2.43. The van der Waals surface area contributed by atoms with Crippen LogP contribution in [0.3, 0.4) is 0 Å². The summed E-state index contributed by atoms with van der Waals surface area (Å²) in [5.74, 6) is -0.0722. The third-order valence-corrected chi connectivity index (χ3v) is 4.68. The Balaban J connectivity index is 2.15. The standard InChI is InChI=1S/C22H31N3O3/c1-4-9-21(26)24(14-15-28-3)18-22(27)25(16-19-10-6-5-7-11-19)17-20-12-8-13-23(20)2/h5-8,10-13H,4,9,14-18H2,1-3H3. The largest absolute Gasteiger partial charge is 0.383 e. The SMILES string of the molecule is CCCC(=O)N(CCOC)CC(=O)N(Cc1ccccc1)Cc1cccn1C. The Morgan fingerprint density at radius 1 is 1.00 bits per heavy atom. The van der Waals surface area contributed by atoms with Crippen LogP contribution in [0.15, 0.2) is 48.7 Å². The molecule has 0 saturated heterocycles. The van der Waals surface area contributed by atoms with E-state index in [0.29, 0.717) is 32.7 Å². The maximum atomic E-state index is 13.1. The number of aromatic nitrogens is 1. The first-order chi connectivity index (χ1) is 13.5. The van der Waals surface area contributed by atoms with Gasteiger partial charge in [0.15, 0.2) is 0 Å². The molecule has 28 heavy (non-hydrogen) atoms. The predicted octanol–water partition coefficient (Wildman–Crippen LogP) is 2.83. The minimum atomic E-state index is -0.0643. The van der Waals surface area contributed by atoms with E-state index in [0.717, 1.165) is 17.7 Å². The Kier molecular flexibility index (Phi) is 8.75. The fourth-order valence-electron chi connectivity index (χ4n) is 3.02. The Morgan fingerprint density at radius 3 is 2.36 bits per heavy atom. The van der Waals surface area contributed by atoms with Crippen LogP contribution >= 0.6 is 0 Å². The number of nitrogens with zero attached hydrogens (tertiary/aromatic N) is 3. The summed E-state index contributed by atoms with van der Waals surface area (Å²) in [6, 6.07) is 13.9. The zero-order valence-electron chi connectivity index (χ0n) is 17.1. The maximum absolute atomic E-state index is 13.1. The van der Waals surface area contributed by atoms with Crippen molar-refractivity contribution in [3.8, 4) is 0 Å². The third-order valence-electron chi connectivity index (χ3n) is 4.68. The fraction of sp³-hybridized carbons (Fsp3) is 0.455. The van der Waals surface area contributed by atoms with Crippen LogP contribution in [0.5, 0.6) is 0 Å². The number of carbonyl (C=O) groups excluding carboxylic acids is 2. The maximum Gasteiger partial charge on any atom is 0.242 e. The number of rotatable bonds is 11. The number of carbonyl (C=O) groups is 2. The Morgan fingerprint density at radius 2 is 1.75 bits per heavy atom. The lowest BCUT2D eigenvalue weighted by atomic mass is 10.2. The van der Waals surface area contributed by atoms with Gasteiger partial charge in [-0.3, -0.25) is 9.59 Å². The number of ether oxygens (including phenoxy) is 1. The van der Waals surface area contributed by atoms with E-state index < -0.39 is 0 Å². The highest BCUT2D eigenvalue weighted by Crippen LogP contribution is 2.12. The molecule has 0 bridgehead atoms. The third kappa shape index (κ3) is 6.53. The van der Waals surface area contributed by atoms with E-state index in [-0.39, 0.29) is 18.4 Å². The minimum absolute atomic E-state index is 0.00794. The van der Waals surface area contributed by atoms with Crippen molar-refractivity contribution in [3.05, 3.63) is 59.9 Å². The zero-order chi connectivity index (χ0) is 20.4. The molecule has 2 rings (SSSR count). The average molecular weight is 386 g/mol. The van der Waals surface area contributed by atoms with Gasteiger partial charge < -0.3 is 19.1 Å². The van der Waals surface area contributed by atoms with Crippen LogP contribution in [0.1, 0.15) is 31.0 Å². The molecule has 0 N–H and O–H groups in total. The van der Waals surface area contributed by atoms with Crippen LogP contribution in [0.4, 0.5) is 0 Å². The van der Waals surface area contributed by atoms with Crippen LogP contribution < -0.4 is 0 Å². The highest BCUT2D eigenvalue weighted by Gasteiger charge is 2.21. The van der Waals surface area contributed by atoms with E-state index in [1.165, 1.54) is 0 Å². The molecule has 2 aromatic rings.